The van der Waals surface area contributed by atoms with Crippen molar-refractivity contribution < 1.29 is 9.53 Å². The van der Waals surface area contributed by atoms with Gasteiger partial charge in [-0.3, -0.25) is 4.79 Å². The largest absolute Gasteiger partial charge is 0.376 e. The zero-order valence-corrected chi connectivity index (χ0v) is 12.6. The molecule has 0 radical (unpaired) electrons. The van der Waals surface area contributed by atoms with Crippen molar-refractivity contribution >= 4 is 5.91 Å². The lowest BCUT2D eigenvalue weighted by Crippen LogP contribution is -2.32. The van der Waals surface area contributed by atoms with Crippen molar-refractivity contribution in [2.24, 2.45) is 11.7 Å². The van der Waals surface area contributed by atoms with Crippen LogP contribution in [-0.4, -0.2) is 31.2 Å². The summed E-state index contributed by atoms with van der Waals surface area (Å²) >= 11 is 0. The minimum absolute atomic E-state index is 0.178. The van der Waals surface area contributed by atoms with Gasteiger partial charge in [-0.15, -0.1) is 0 Å². The number of rotatable bonds is 6. The summed E-state index contributed by atoms with van der Waals surface area (Å²) in [7, 11) is 0. The molecule has 0 aromatic carbocycles. The lowest BCUT2D eigenvalue weighted by molar-refractivity contribution is -0.122. The zero-order chi connectivity index (χ0) is 14.2. The molecule has 0 unspecified atom stereocenters. The summed E-state index contributed by atoms with van der Waals surface area (Å²) in [4.78, 5) is 11.8. The molecule has 0 spiro atoms. The molecule has 20 heavy (non-hydrogen) atoms. The summed E-state index contributed by atoms with van der Waals surface area (Å²) in [6.45, 7) is 1.31. The Labute approximate surface area is 122 Å². The Kier molecular flexibility index (Phi) is 6.80. The van der Waals surface area contributed by atoms with Gasteiger partial charge in [-0.25, -0.2) is 0 Å². The molecule has 2 aliphatic carbocycles. The average molecular weight is 282 g/mol. The van der Waals surface area contributed by atoms with Crippen LogP contribution in [0.25, 0.3) is 0 Å². The van der Waals surface area contributed by atoms with Crippen molar-refractivity contribution in [1.82, 2.24) is 5.32 Å². The summed E-state index contributed by atoms with van der Waals surface area (Å²) in [6.07, 6.45) is 11.8. The average Bonchev–Trinajstić information content (AvgIpc) is 2.47. The van der Waals surface area contributed by atoms with Crippen LogP contribution in [0.5, 0.6) is 0 Å². The molecule has 0 heterocycles. The molecule has 1 amide bonds. The monoisotopic (exact) mass is 282 g/mol. The number of hydrogen-bond acceptors (Lipinski definition) is 3. The maximum atomic E-state index is 11.8. The van der Waals surface area contributed by atoms with E-state index in [9.17, 15) is 4.79 Å². The first-order chi connectivity index (χ1) is 9.74. The highest BCUT2D eigenvalue weighted by molar-refractivity contribution is 5.76. The topological polar surface area (TPSA) is 64.4 Å². The van der Waals surface area contributed by atoms with Gasteiger partial charge in [-0.05, 0) is 44.4 Å². The van der Waals surface area contributed by atoms with E-state index in [-0.39, 0.29) is 5.91 Å². The van der Waals surface area contributed by atoms with Crippen molar-refractivity contribution in [2.45, 2.75) is 76.4 Å². The number of carbonyl (C=O) groups excluding carboxylic acids is 1. The molecule has 2 aliphatic rings. The van der Waals surface area contributed by atoms with Gasteiger partial charge in [0.2, 0.25) is 5.91 Å². The van der Waals surface area contributed by atoms with Gasteiger partial charge < -0.3 is 15.8 Å². The molecule has 4 nitrogen and oxygen atoms in total. The molecule has 0 bridgehead atoms. The second-order valence-electron chi connectivity index (χ2n) is 6.47. The van der Waals surface area contributed by atoms with Gasteiger partial charge in [0, 0.05) is 19.0 Å². The quantitative estimate of drug-likeness (QED) is 0.735. The number of amides is 1. The van der Waals surface area contributed by atoms with E-state index >= 15 is 0 Å². The highest BCUT2D eigenvalue weighted by Gasteiger charge is 2.20. The lowest BCUT2D eigenvalue weighted by atomic mass is 9.84. The smallest absolute Gasteiger partial charge is 0.220 e. The SMILES string of the molecule is NC1CCC(CC(=O)NCCOC2CCCCC2)CC1. The van der Waals surface area contributed by atoms with E-state index in [1.807, 2.05) is 0 Å². The Morgan fingerprint density at radius 3 is 2.45 bits per heavy atom. The summed E-state index contributed by atoms with van der Waals surface area (Å²) in [5, 5.41) is 2.99. The van der Waals surface area contributed by atoms with Gasteiger partial charge >= 0.3 is 0 Å². The molecule has 2 saturated carbocycles. The molecular formula is C16H30N2O2. The Morgan fingerprint density at radius 1 is 1.05 bits per heavy atom. The van der Waals surface area contributed by atoms with E-state index in [0.29, 0.717) is 37.6 Å². The Hall–Kier alpha value is -0.610. The second kappa shape index (κ2) is 8.63. The fourth-order valence-electron chi connectivity index (χ4n) is 3.37. The molecule has 2 fully saturated rings. The number of ether oxygens (including phenoxy) is 1. The van der Waals surface area contributed by atoms with Crippen LogP contribution in [0.2, 0.25) is 0 Å². The Bertz CT molecular complexity index is 282. The van der Waals surface area contributed by atoms with Gasteiger partial charge in [-0.1, -0.05) is 19.3 Å². The molecule has 0 aliphatic heterocycles. The summed E-state index contributed by atoms with van der Waals surface area (Å²) in [5.41, 5.74) is 5.88. The zero-order valence-electron chi connectivity index (χ0n) is 12.6. The standard InChI is InChI=1S/C16H30N2O2/c17-14-8-6-13(7-9-14)12-16(19)18-10-11-20-15-4-2-1-3-5-15/h13-15H,1-12,17H2,(H,18,19). The normalized spacial score (nSPS) is 28.2. The van der Waals surface area contributed by atoms with E-state index < -0.39 is 0 Å². The Balaban J connectivity index is 1.49. The number of carbonyl (C=O) groups is 1. The van der Waals surface area contributed by atoms with Crippen LogP contribution in [0.15, 0.2) is 0 Å². The van der Waals surface area contributed by atoms with Crippen molar-refractivity contribution in [3.8, 4) is 0 Å². The molecule has 0 aromatic heterocycles. The van der Waals surface area contributed by atoms with Gasteiger partial charge in [0.1, 0.15) is 0 Å². The fraction of sp³-hybridized carbons (Fsp3) is 0.938. The fourth-order valence-corrected chi connectivity index (χ4v) is 3.37. The van der Waals surface area contributed by atoms with Crippen molar-refractivity contribution in [3.05, 3.63) is 0 Å². The number of hydrogen-bond donors (Lipinski definition) is 2. The van der Waals surface area contributed by atoms with Crippen LogP contribution >= 0.6 is 0 Å². The first-order valence-corrected chi connectivity index (χ1v) is 8.38. The van der Waals surface area contributed by atoms with E-state index in [1.165, 1.54) is 32.1 Å². The number of nitrogens with two attached hydrogens (primary N) is 1. The van der Waals surface area contributed by atoms with Crippen molar-refractivity contribution in [1.29, 1.82) is 0 Å². The number of nitrogens with one attached hydrogen (secondary N) is 1. The van der Waals surface area contributed by atoms with Crippen molar-refractivity contribution in [2.75, 3.05) is 13.2 Å². The first kappa shape index (κ1) is 15.8. The molecule has 0 saturated heterocycles. The van der Waals surface area contributed by atoms with E-state index in [2.05, 4.69) is 5.32 Å². The molecule has 0 aromatic rings. The van der Waals surface area contributed by atoms with Gasteiger partial charge in [-0.2, -0.15) is 0 Å². The first-order valence-electron chi connectivity index (χ1n) is 8.38. The Morgan fingerprint density at radius 2 is 1.75 bits per heavy atom. The third kappa shape index (κ3) is 5.80. The van der Waals surface area contributed by atoms with Gasteiger partial charge in [0.25, 0.3) is 0 Å². The highest BCUT2D eigenvalue weighted by Crippen LogP contribution is 2.25. The molecular weight excluding hydrogens is 252 g/mol. The molecule has 0 atom stereocenters. The maximum absolute atomic E-state index is 11.8. The summed E-state index contributed by atoms with van der Waals surface area (Å²) in [5.74, 6) is 0.715. The van der Waals surface area contributed by atoms with Crippen LogP contribution in [0, 0.1) is 5.92 Å². The highest BCUT2D eigenvalue weighted by atomic mass is 16.5. The maximum Gasteiger partial charge on any atom is 0.220 e. The minimum Gasteiger partial charge on any atom is -0.376 e. The molecule has 3 N–H and O–H groups in total. The summed E-state index contributed by atoms with van der Waals surface area (Å²) in [6, 6.07) is 0.359. The van der Waals surface area contributed by atoms with Gasteiger partial charge in [0.05, 0.1) is 12.7 Å². The third-order valence-electron chi connectivity index (χ3n) is 4.70. The lowest BCUT2D eigenvalue weighted by Gasteiger charge is -2.25. The predicted molar refractivity (Wildman–Crippen MR) is 80.4 cm³/mol. The second-order valence-corrected chi connectivity index (χ2v) is 6.47. The van der Waals surface area contributed by atoms with E-state index in [4.69, 9.17) is 10.5 Å². The van der Waals surface area contributed by atoms with Gasteiger partial charge in [0.15, 0.2) is 0 Å². The third-order valence-corrected chi connectivity index (χ3v) is 4.70. The van der Waals surface area contributed by atoms with E-state index in [1.54, 1.807) is 0 Å². The van der Waals surface area contributed by atoms with Crippen LogP contribution in [0.1, 0.15) is 64.2 Å². The van der Waals surface area contributed by atoms with E-state index in [0.717, 1.165) is 25.7 Å². The predicted octanol–water partition coefficient (Wildman–Crippen LogP) is 2.36. The molecule has 2 rings (SSSR count). The van der Waals surface area contributed by atoms with Crippen LogP contribution < -0.4 is 11.1 Å². The summed E-state index contributed by atoms with van der Waals surface area (Å²) < 4.78 is 5.81. The molecule has 116 valence electrons. The van der Waals surface area contributed by atoms with Crippen LogP contribution in [0.4, 0.5) is 0 Å². The molecule has 4 heteroatoms. The van der Waals surface area contributed by atoms with Crippen molar-refractivity contribution in [3.63, 3.8) is 0 Å². The minimum atomic E-state index is 0.178. The van der Waals surface area contributed by atoms with Crippen LogP contribution in [-0.2, 0) is 9.53 Å². The van der Waals surface area contributed by atoms with Crippen LogP contribution in [0.3, 0.4) is 0 Å².